The zero-order valence-corrected chi connectivity index (χ0v) is 15.7. The van der Waals surface area contributed by atoms with Crippen molar-refractivity contribution in [1.82, 2.24) is 14.5 Å². The number of benzene rings is 1. The first-order chi connectivity index (χ1) is 12.7. The molecule has 1 fully saturated rings. The average Bonchev–Trinajstić information content (AvgIpc) is 2.69. The molecular weight excluding hydrogens is 354 g/mol. The minimum atomic E-state index is -0.0759. The van der Waals surface area contributed by atoms with E-state index in [0.29, 0.717) is 61.9 Å². The van der Waals surface area contributed by atoms with E-state index in [1.807, 2.05) is 18.2 Å². The van der Waals surface area contributed by atoms with Gasteiger partial charge >= 0.3 is 0 Å². The summed E-state index contributed by atoms with van der Waals surface area (Å²) in [6, 6.07) is 7.30. The number of fused-ring (bicyclic) bond motifs is 1. The van der Waals surface area contributed by atoms with Crippen LogP contribution in [-0.2, 0) is 20.8 Å². The van der Waals surface area contributed by atoms with Crippen LogP contribution in [-0.4, -0.2) is 66.1 Å². The Morgan fingerprint density at radius 2 is 2.08 bits per heavy atom. The SMILES string of the molecule is COCCCn1c(SCC(=O)N2CCOCC2)nc2ccccc2c1=O. The standard InChI is InChI=1S/C18H23N3O4S/c1-24-10-4-7-21-17(23)14-5-2-3-6-15(14)19-18(21)26-13-16(22)20-8-11-25-12-9-20/h2-3,5-6H,4,7-13H2,1H3. The number of methoxy groups -OCH3 is 1. The predicted molar refractivity (Wildman–Crippen MR) is 101 cm³/mol. The third-order valence-electron chi connectivity index (χ3n) is 4.25. The van der Waals surface area contributed by atoms with Crippen LogP contribution >= 0.6 is 11.8 Å². The monoisotopic (exact) mass is 377 g/mol. The third kappa shape index (κ3) is 4.44. The van der Waals surface area contributed by atoms with Crippen molar-refractivity contribution in [3.63, 3.8) is 0 Å². The Morgan fingerprint density at radius 3 is 2.85 bits per heavy atom. The van der Waals surface area contributed by atoms with Crippen LogP contribution in [0.3, 0.4) is 0 Å². The number of para-hydroxylation sites is 1. The molecule has 1 aliphatic heterocycles. The van der Waals surface area contributed by atoms with Gasteiger partial charge in [0.2, 0.25) is 5.91 Å². The topological polar surface area (TPSA) is 73.7 Å². The molecule has 1 aromatic heterocycles. The number of rotatable bonds is 7. The summed E-state index contributed by atoms with van der Waals surface area (Å²) in [4.78, 5) is 31.7. The Bertz CT molecular complexity index is 818. The summed E-state index contributed by atoms with van der Waals surface area (Å²) < 4.78 is 12.0. The highest BCUT2D eigenvalue weighted by atomic mass is 32.2. The number of aromatic nitrogens is 2. The van der Waals surface area contributed by atoms with Crippen molar-refractivity contribution in [2.45, 2.75) is 18.1 Å². The van der Waals surface area contributed by atoms with E-state index in [2.05, 4.69) is 4.98 Å². The van der Waals surface area contributed by atoms with Crippen LogP contribution in [0.15, 0.2) is 34.2 Å². The second-order valence-corrected chi connectivity index (χ2v) is 6.94. The number of amides is 1. The lowest BCUT2D eigenvalue weighted by Crippen LogP contribution is -2.41. The van der Waals surface area contributed by atoms with Crippen LogP contribution in [0.25, 0.3) is 10.9 Å². The van der Waals surface area contributed by atoms with Gasteiger partial charge in [0.15, 0.2) is 5.16 Å². The summed E-state index contributed by atoms with van der Waals surface area (Å²) in [5.74, 6) is 0.304. The zero-order valence-electron chi connectivity index (χ0n) is 14.8. The maximum absolute atomic E-state index is 12.8. The van der Waals surface area contributed by atoms with Crippen molar-refractivity contribution in [1.29, 1.82) is 0 Å². The van der Waals surface area contributed by atoms with E-state index >= 15 is 0 Å². The van der Waals surface area contributed by atoms with Crippen LogP contribution in [0.4, 0.5) is 0 Å². The highest BCUT2D eigenvalue weighted by Gasteiger charge is 2.19. The highest BCUT2D eigenvalue weighted by Crippen LogP contribution is 2.19. The van der Waals surface area contributed by atoms with E-state index in [1.54, 1.807) is 22.6 Å². The molecule has 140 valence electrons. The molecule has 26 heavy (non-hydrogen) atoms. The van der Waals surface area contributed by atoms with Gasteiger partial charge < -0.3 is 14.4 Å². The minimum Gasteiger partial charge on any atom is -0.385 e. The number of thioether (sulfide) groups is 1. The second kappa shape index (κ2) is 9.16. The number of hydrogen-bond donors (Lipinski definition) is 0. The summed E-state index contributed by atoms with van der Waals surface area (Å²) in [5.41, 5.74) is 0.579. The van der Waals surface area contributed by atoms with Gasteiger partial charge in [-0.05, 0) is 18.6 Å². The van der Waals surface area contributed by atoms with Gasteiger partial charge in [-0.1, -0.05) is 23.9 Å². The van der Waals surface area contributed by atoms with E-state index < -0.39 is 0 Å². The largest absolute Gasteiger partial charge is 0.385 e. The van der Waals surface area contributed by atoms with E-state index in [4.69, 9.17) is 9.47 Å². The molecule has 1 aromatic carbocycles. The molecule has 7 nitrogen and oxygen atoms in total. The van der Waals surface area contributed by atoms with Gasteiger partial charge in [-0.15, -0.1) is 0 Å². The van der Waals surface area contributed by atoms with Crippen LogP contribution in [0.5, 0.6) is 0 Å². The second-order valence-electron chi connectivity index (χ2n) is 6.00. The molecule has 1 amide bonds. The molecule has 0 spiro atoms. The van der Waals surface area contributed by atoms with Crippen LogP contribution < -0.4 is 5.56 Å². The van der Waals surface area contributed by atoms with Gasteiger partial charge in [-0.3, -0.25) is 14.2 Å². The number of carbonyl (C=O) groups excluding carboxylic acids is 1. The number of morpholine rings is 1. The molecule has 0 unspecified atom stereocenters. The minimum absolute atomic E-state index is 0.0455. The fourth-order valence-electron chi connectivity index (χ4n) is 2.85. The first kappa shape index (κ1) is 18.9. The Kier molecular flexibility index (Phi) is 6.65. The molecule has 0 atom stereocenters. The molecule has 0 N–H and O–H groups in total. The van der Waals surface area contributed by atoms with E-state index in [0.717, 1.165) is 0 Å². The lowest BCUT2D eigenvalue weighted by Gasteiger charge is -2.26. The smallest absolute Gasteiger partial charge is 0.262 e. The zero-order chi connectivity index (χ0) is 18.4. The summed E-state index contributed by atoms with van der Waals surface area (Å²) in [5, 5.41) is 1.17. The van der Waals surface area contributed by atoms with E-state index in [9.17, 15) is 9.59 Å². The van der Waals surface area contributed by atoms with Crippen molar-refractivity contribution < 1.29 is 14.3 Å². The van der Waals surface area contributed by atoms with Crippen molar-refractivity contribution in [2.75, 3.05) is 45.8 Å². The molecule has 2 heterocycles. The van der Waals surface area contributed by atoms with Crippen molar-refractivity contribution in [3.05, 3.63) is 34.6 Å². The maximum atomic E-state index is 12.8. The number of nitrogens with zero attached hydrogens (tertiary/aromatic N) is 3. The van der Waals surface area contributed by atoms with E-state index in [1.165, 1.54) is 11.8 Å². The Labute approximate surface area is 156 Å². The summed E-state index contributed by atoms with van der Waals surface area (Å²) in [6.07, 6.45) is 0.710. The quantitative estimate of drug-likeness (QED) is 0.412. The molecule has 8 heteroatoms. The highest BCUT2D eigenvalue weighted by molar-refractivity contribution is 7.99. The van der Waals surface area contributed by atoms with Crippen LogP contribution in [0.2, 0.25) is 0 Å². The summed E-state index contributed by atoms with van der Waals surface area (Å²) in [6.45, 7) is 3.46. The van der Waals surface area contributed by atoms with Gasteiger partial charge in [0.25, 0.3) is 5.56 Å². The lowest BCUT2D eigenvalue weighted by molar-refractivity contribution is -0.132. The van der Waals surface area contributed by atoms with Crippen LogP contribution in [0.1, 0.15) is 6.42 Å². The van der Waals surface area contributed by atoms with E-state index in [-0.39, 0.29) is 17.2 Å². The Morgan fingerprint density at radius 1 is 1.31 bits per heavy atom. The van der Waals surface area contributed by atoms with Gasteiger partial charge in [0.1, 0.15) is 0 Å². The fraction of sp³-hybridized carbons (Fsp3) is 0.500. The van der Waals surface area contributed by atoms with Gasteiger partial charge in [0, 0.05) is 33.4 Å². The predicted octanol–water partition coefficient (Wildman–Crippen LogP) is 1.38. The van der Waals surface area contributed by atoms with Crippen LogP contribution in [0, 0.1) is 0 Å². The lowest BCUT2D eigenvalue weighted by atomic mass is 10.2. The van der Waals surface area contributed by atoms with Gasteiger partial charge in [-0.25, -0.2) is 4.98 Å². The molecule has 1 aliphatic rings. The first-order valence-corrected chi connectivity index (χ1v) is 9.66. The molecule has 0 bridgehead atoms. The molecule has 2 aromatic rings. The molecule has 3 rings (SSSR count). The Balaban J connectivity index is 1.81. The average molecular weight is 377 g/mol. The maximum Gasteiger partial charge on any atom is 0.262 e. The summed E-state index contributed by atoms with van der Waals surface area (Å²) >= 11 is 1.31. The van der Waals surface area contributed by atoms with Crippen molar-refractivity contribution in [2.24, 2.45) is 0 Å². The number of hydrogen-bond acceptors (Lipinski definition) is 6. The summed E-state index contributed by atoms with van der Waals surface area (Å²) in [7, 11) is 1.64. The van der Waals surface area contributed by atoms with Gasteiger partial charge in [0.05, 0.1) is 29.9 Å². The fourth-order valence-corrected chi connectivity index (χ4v) is 3.78. The third-order valence-corrected chi connectivity index (χ3v) is 5.21. The van der Waals surface area contributed by atoms with Gasteiger partial charge in [-0.2, -0.15) is 0 Å². The molecule has 0 saturated carbocycles. The molecule has 0 radical (unpaired) electrons. The molecular formula is C18H23N3O4S. The Hall–Kier alpha value is -1.90. The molecule has 0 aliphatic carbocycles. The van der Waals surface area contributed by atoms with Crippen molar-refractivity contribution >= 4 is 28.6 Å². The first-order valence-electron chi connectivity index (χ1n) is 8.67. The number of ether oxygens (including phenoxy) is 2. The normalized spacial score (nSPS) is 14.7. The number of carbonyl (C=O) groups is 1. The molecule has 1 saturated heterocycles. The van der Waals surface area contributed by atoms with Crippen molar-refractivity contribution in [3.8, 4) is 0 Å².